The molecule has 3 rings (SSSR count). The van der Waals surface area contributed by atoms with Gasteiger partial charge in [0, 0.05) is 26.7 Å². The lowest BCUT2D eigenvalue weighted by molar-refractivity contribution is -0.177. The fourth-order valence-electron chi connectivity index (χ4n) is 3.94. The number of rotatable bonds is 4. The predicted octanol–water partition coefficient (Wildman–Crippen LogP) is 5.69. The Kier molecular flexibility index (Phi) is 7.65. The molecular formula is C23H24F7N3O2. The Bertz CT molecular complexity index is 1040. The second kappa shape index (κ2) is 10.0. The monoisotopic (exact) mass is 507 g/mol. The van der Waals surface area contributed by atoms with Gasteiger partial charge in [0.1, 0.15) is 5.82 Å². The lowest BCUT2D eigenvalue weighted by Gasteiger charge is -2.40. The van der Waals surface area contributed by atoms with Crippen molar-refractivity contribution in [1.82, 2.24) is 15.3 Å². The number of nitrogens with zero attached hydrogens (tertiary/aromatic N) is 2. The SMILES string of the molecule is Cc1cc(F)ccc1C1CNCC(C)N1OC(=O)N(C)Cc1cc(C(F)(F)F)cc(C(F)(F)F)c1. The summed E-state index contributed by atoms with van der Waals surface area (Å²) < 4.78 is 92.4. The van der Waals surface area contributed by atoms with Gasteiger partial charge >= 0.3 is 18.4 Å². The first-order chi connectivity index (χ1) is 16.2. The summed E-state index contributed by atoms with van der Waals surface area (Å²) in [5.74, 6) is -0.425. The first-order valence-electron chi connectivity index (χ1n) is 10.6. The first kappa shape index (κ1) is 26.7. The number of benzene rings is 2. The summed E-state index contributed by atoms with van der Waals surface area (Å²) in [6, 6.07) is 4.55. The van der Waals surface area contributed by atoms with Crippen LogP contribution in [0.15, 0.2) is 36.4 Å². The molecule has 2 unspecified atom stereocenters. The first-order valence-corrected chi connectivity index (χ1v) is 10.6. The van der Waals surface area contributed by atoms with Crippen LogP contribution >= 0.6 is 0 Å². The van der Waals surface area contributed by atoms with E-state index in [1.807, 2.05) is 0 Å². The van der Waals surface area contributed by atoms with E-state index in [1.54, 1.807) is 19.9 Å². The smallest absolute Gasteiger partial charge is 0.350 e. The van der Waals surface area contributed by atoms with Crippen molar-refractivity contribution in [2.75, 3.05) is 20.1 Å². The van der Waals surface area contributed by atoms with Crippen LogP contribution < -0.4 is 5.32 Å². The van der Waals surface area contributed by atoms with Gasteiger partial charge in [-0.05, 0) is 60.9 Å². The standard InChI is InChI=1S/C23H24F7N3O2/c1-13-6-18(24)4-5-19(13)20-11-31-10-14(2)33(20)35-21(34)32(3)12-15-7-16(22(25,26)27)9-17(8-15)23(28,29)30/h4-9,14,20,31H,10-12H2,1-3H3. The number of aryl methyl sites for hydroxylation is 1. The Labute approximate surface area is 197 Å². The van der Waals surface area contributed by atoms with Crippen LogP contribution in [0, 0.1) is 12.7 Å². The lowest BCUT2D eigenvalue weighted by Crippen LogP contribution is -2.53. The minimum Gasteiger partial charge on any atom is -0.350 e. The number of amides is 1. The normalized spacial score (nSPS) is 19.5. The third kappa shape index (κ3) is 6.43. The van der Waals surface area contributed by atoms with Crippen LogP contribution in [0.1, 0.15) is 40.8 Å². The molecule has 0 aromatic heterocycles. The number of piperazine rings is 1. The van der Waals surface area contributed by atoms with Crippen molar-refractivity contribution < 1.29 is 40.4 Å². The summed E-state index contributed by atoms with van der Waals surface area (Å²) in [6.07, 6.45) is -11.0. The van der Waals surface area contributed by atoms with Gasteiger partial charge in [-0.15, -0.1) is 5.06 Å². The average Bonchev–Trinajstić information content (AvgIpc) is 2.74. The number of nitrogens with one attached hydrogen (secondary N) is 1. The highest BCUT2D eigenvalue weighted by Gasteiger charge is 2.38. The van der Waals surface area contributed by atoms with E-state index in [9.17, 15) is 35.5 Å². The maximum atomic E-state index is 13.6. The highest BCUT2D eigenvalue weighted by Crippen LogP contribution is 2.36. The minimum atomic E-state index is -4.99. The molecule has 0 aliphatic carbocycles. The number of hydrogen-bond acceptors (Lipinski definition) is 4. The van der Waals surface area contributed by atoms with Gasteiger partial charge in [-0.1, -0.05) is 6.07 Å². The van der Waals surface area contributed by atoms with E-state index in [-0.39, 0.29) is 17.7 Å². The van der Waals surface area contributed by atoms with Gasteiger partial charge in [0.25, 0.3) is 0 Å². The molecule has 192 valence electrons. The zero-order valence-corrected chi connectivity index (χ0v) is 19.1. The Balaban J connectivity index is 1.81. The predicted molar refractivity (Wildman–Crippen MR) is 112 cm³/mol. The van der Waals surface area contributed by atoms with Crippen molar-refractivity contribution in [1.29, 1.82) is 0 Å². The van der Waals surface area contributed by atoms with Gasteiger partial charge in [0.05, 0.1) is 23.2 Å². The molecule has 5 nitrogen and oxygen atoms in total. The summed E-state index contributed by atoms with van der Waals surface area (Å²) in [6.45, 7) is 3.75. The number of hydroxylamine groups is 2. The summed E-state index contributed by atoms with van der Waals surface area (Å²) in [5.41, 5.74) is -1.96. The summed E-state index contributed by atoms with van der Waals surface area (Å²) in [4.78, 5) is 19.2. The molecule has 1 aliphatic rings. The summed E-state index contributed by atoms with van der Waals surface area (Å²) >= 11 is 0. The lowest BCUT2D eigenvalue weighted by atomic mass is 9.98. The molecule has 1 aliphatic heterocycles. The Morgan fingerprint density at radius 3 is 2.20 bits per heavy atom. The molecule has 0 saturated carbocycles. The maximum absolute atomic E-state index is 13.6. The fourth-order valence-corrected chi connectivity index (χ4v) is 3.94. The van der Waals surface area contributed by atoms with Crippen molar-refractivity contribution in [3.05, 3.63) is 70.0 Å². The Morgan fingerprint density at radius 1 is 1.06 bits per heavy atom. The summed E-state index contributed by atoms with van der Waals surface area (Å²) in [5, 5.41) is 4.59. The van der Waals surface area contributed by atoms with E-state index in [2.05, 4.69) is 5.32 Å². The van der Waals surface area contributed by atoms with Crippen molar-refractivity contribution in [2.24, 2.45) is 0 Å². The van der Waals surface area contributed by atoms with Gasteiger partial charge in [0.15, 0.2) is 0 Å². The zero-order chi connectivity index (χ0) is 26.1. The van der Waals surface area contributed by atoms with Gasteiger partial charge in [0.2, 0.25) is 0 Å². The van der Waals surface area contributed by atoms with Crippen LogP contribution in [0.5, 0.6) is 0 Å². The number of alkyl halides is 6. The number of halogens is 7. The molecule has 12 heteroatoms. The molecule has 1 N–H and O–H groups in total. The molecule has 1 saturated heterocycles. The van der Waals surface area contributed by atoms with Crippen molar-refractivity contribution in [3.63, 3.8) is 0 Å². The van der Waals surface area contributed by atoms with E-state index in [4.69, 9.17) is 4.84 Å². The molecular weight excluding hydrogens is 483 g/mol. The van der Waals surface area contributed by atoms with E-state index in [0.29, 0.717) is 36.3 Å². The highest BCUT2D eigenvalue weighted by atomic mass is 19.4. The molecule has 1 amide bonds. The molecule has 0 radical (unpaired) electrons. The summed E-state index contributed by atoms with van der Waals surface area (Å²) in [7, 11) is 1.21. The number of carbonyl (C=O) groups is 1. The van der Waals surface area contributed by atoms with Crippen molar-refractivity contribution in [2.45, 2.75) is 44.8 Å². The number of hydrogen-bond donors (Lipinski definition) is 1. The minimum absolute atomic E-state index is 0.0276. The van der Waals surface area contributed by atoms with Gasteiger partial charge in [-0.25, -0.2) is 9.18 Å². The number of carbonyl (C=O) groups excluding carboxylic acids is 1. The second-order valence-corrected chi connectivity index (χ2v) is 8.51. The van der Waals surface area contributed by atoms with Crippen molar-refractivity contribution >= 4 is 6.09 Å². The van der Waals surface area contributed by atoms with E-state index in [1.165, 1.54) is 24.2 Å². The van der Waals surface area contributed by atoms with Crippen LogP contribution in [0.3, 0.4) is 0 Å². The van der Waals surface area contributed by atoms with Gasteiger partial charge in [-0.2, -0.15) is 26.3 Å². The van der Waals surface area contributed by atoms with E-state index >= 15 is 0 Å². The molecule has 35 heavy (non-hydrogen) atoms. The molecule has 2 aromatic rings. The van der Waals surface area contributed by atoms with Gasteiger partial charge in [-0.3, -0.25) is 0 Å². The van der Waals surface area contributed by atoms with Crippen molar-refractivity contribution in [3.8, 4) is 0 Å². The third-order valence-electron chi connectivity index (χ3n) is 5.67. The van der Waals surface area contributed by atoms with Crippen LogP contribution in [-0.4, -0.2) is 42.2 Å². The molecule has 0 spiro atoms. The third-order valence-corrected chi connectivity index (χ3v) is 5.67. The quantitative estimate of drug-likeness (QED) is 0.541. The largest absolute Gasteiger partial charge is 0.429 e. The highest BCUT2D eigenvalue weighted by molar-refractivity contribution is 5.67. The fraction of sp³-hybridized carbons (Fsp3) is 0.435. The van der Waals surface area contributed by atoms with E-state index < -0.39 is 48.0 Å². The Morgan fingerprint density at radius 2 is 1.66 bits per heavy atom. The molecule has 2 atom stereocenters. The van der Waals surface area contributed by atoms with E-state index in [0.717, 1.165) is 4.90 Å². The molecule has 1 heterocycles. The molecule has 0 bridgehead atoms. The zero-order valence-electron chi connectivity index (χ0n) is 19.1. The van der Waals surface area contributed by atoms with Crippen LogP contribution in [-0.2, 0) is 23.7 Å². The average molecular weight is 507 g/mol. The second-order valence-electron chi connectivity index (χ2n) is 8.51. The van der Waals surface area contributed by atoms with Crippen LogP contribution in [0.4, 0.5) is 35.5 Å². The topological polar surface area (TPSA) is 44.8 Å². The Hall–Kier alpha value is -2.86. The van der Waals surface area contributed by atoms with Crippen LogP contribution in [0.2, 0.25) is 0 Å². The molecule has 1 fully saturated rings. The molecule has 2 aromatic carbocycles. The van der Waals surface area contributed by atoms with Gasteiger partial charge < -0.3 is 15.1 Å². The van der Waals surface area contributed by atoms with Crippen LogP contribution in [0.25, 0.3) is 0 Å². The maximum Gasteiger partial charge on any atom is 0.429 e.